The minimum Gasteiger partial charge on any atom is -0.502 e. The Morgan fingerprint density at radius 3 is 2.71 bits per heavy atom. The third-order valence-electron chi connectivity index (χ3n) is 2.69. The molecule has 0 saturated heterocycles. The number of aliphatic hydroxyl groups is 1. The molecule has 1 rings (SSSR count). The summed E-state index contributed by atoms with van der Waals surface area (Å²) in [5, 5.41) is 12.8. The second kappa shape index (κ2) is 6.85. The molecule has 0 heterocycles. The SMILES string of the molecule is C=COCCCNC1CCC(O)CC1. The molecule has 3 nitrogen and oxygen atoms in total. The first-order chi connectivity index (χ1) is 6.83. The van der Waals surface area contributed by atoms with Crippen LogP contribution in [-0.4, -0.2) is 30.4 Å². The first kappa shape index (κ1) is 11.5. The van der Waals surface area contributed by atoms with Gasteiger partial charge in [-0.3, -0.25) is 0 Å². The molecule has 0 atom stereocenters. The Morgan fingerprint density at radius 1 is 1.36 bits per heavy atom. The molecule has 2 N–H and O–H groups in total. The largest absolute Gasteiger partial charge is 0.502 e. The van der Waals surface area contributed by atoms with Crippen molar-refractivity contribution in [3.05, 3.63) is 12.8 Å². The highest BCUT2D eigenvalue weighted by Gasteiger charge is 2.18. The second-order valence-corrected chi connectivity index (χ2v) is 3.85. The highest BCUT2D eigenvalue weighted by molar-refractivity contribution is 4.76. The predicted octanol–water partition coefficient (Wildman–Crippen LogP) is 1.43. The summed E-state index contributed by atoms with van der Waals surface area (Å²) in [6, 6.07) is 0.599. The Kier molecular flexibility index (Phi) is 5.64. The molecule has 1 saturated carbocycles. The van der Waals surface area contributed by atoms with Crippen LogP contribution in [0.1, 0.15) is 32.1 Å². The van der Waals surface area contributed by atoms with Crippen LogP contribution in [0.4, 0.5) is 0 Å². The van der Waals surface area contributed by atoms with Crippen LogP contribution in [0.2, 0.25) is 0 Å². The average Bonchev–Trinajstić information content (AvgIpc) is 2.21. The van der Waals surface area contributed by atoms with Crippen molar-refractivity contribution in [2.75, 3.05) is 13.2 Å². The topological polar surface area (TPSA) is 41.5 Å². The maximum Gasteiger partial charge on any atom is 0.0885 e. The maximum absolute atomic E-state index is 9.31. The van der Waals surface area contributed by atoms with E-state index in [9.17, 15) is 5.11 Å². The molecule has 0 aliphatic heterocycles. The van der Waals surface area contributed by atoms with E-state index in [0.29, 0.717) is 6.04 Å². The molecule has 0 aromatic heterocycles. The van der Waals surface area contributed by atoms with Crippen molar-refractivity contribution < 1.29 is 9.84 Å². The zero-order valence-corrected chi connectivity index (χ0v) is 8.74. The third kappa shape index (κ3) is 4.63. The first-order valence-electron chi connectivity index (χ1n) is 5.47. The van der Waals surface area contributed by atoms with Crippen LogP contribution >= 0.6 is 0 Å². The Bertz CT molecular complexity index is 153. The Morgan fingerprint density at radius 2 is 2.07 bits per heavy atom. The van der Waals surface area contributed by atoms with Gasteiger partial charge in [-0.25, -0.2) is 0 Å². The molecule has 0 spiro atoms. The van der Waals surface area contributed by atoms with Gasteiger partial charge in [-0.15, -0.1) is 0 Å². The minimum absolute atomic E-state index is 0.0582. The van der Waals surface area contributed by atoms with Crippen LogP contribution in [-0.2, 0) is 4.74 Å². The number of aliphatic hydroxyl groups excluding tert-OH is 1. The lowest BCUT2D eigenvalue weighted by Crippen LogP contribution is -2.35. The van der Waals surface area contributed by atoms with Crippen molar-refractivity contribution in [1.29, 1.82) is 0 Å². The molecule has 3 heteroatoms. The highest BCUT2D eigenvalue weighted by atomic mass is 16.5. The standard InChI is InChI=1S/C11H21NO2/c1-2-14-9-3-8-12-10-4-6-11(13)7-5-10/h2,10-13H,1,3-9H2. The van der Waals surface area contributed by atoms with E-state index in [1.807, 2.05) is 0 Å². The van der Waals surface area contributed by atoms with Gasteiger partial charge in [-0.1, -0.05) is 6.58 Å². The van der Waals surface area contributed by atoms with E-state index in [2.05, 4.69) is 11.9 Å². The lowest BCUT2D eigenvalue weighted by molar-refractivity contribution is 0.116. The molecule has 0 bridgehead atoms. The molecule has 0 amide bonds. The van der Waals surface area contributed by atoms with Gasteiger partial charge in [0.25, 0.3) is 0 Å². The van der Waals surface area contributed by atoms with Gasteiger partial charge in [0.1, 0.15) is 0 Å². The van der Waals surface area contributed by atoms with Crippen molar-refractivity contribution in [3.8, 4) is 0 Å². The van der Waals surface area contributed by atoms with Crippen LogP contribution in [0.3, 0.4) is 0 Å². The summed E-state index contributed by atoms with van der Waals surface area (Å²) < 4.78 is 5.02. The lowest BCUT2D eigenvalue weighted by atomic mass is 9.93. The van der Waals surface area contributed by atoms with Crippen molar-refractivity contribution in [2.45, 2.75) is 44.2 Å². The molecular weight excluding hydrogens is 178 g/mol. The summed E-state index contributed by atoms with van der Waals surface area (Å²) in [7, 11) is 0. The lowest BCUT2D eigenvalue weighted by Gasteiger charge is -2.26. The van der Waals surface area contributed by atoms with E-state index in [-0.39, 0.29) is 6.10 Å². The van der Waals surface area contributed by atoms with Gasteiger partial charge in [-0.05, 0) is 38.6 Å². The monoisotopic (exact) mass is 199 g/mol. The normalized spacial score (nSPS) is 27.2. The summed E-state index contributed by atoms with van der Waals surface area (Å²) in [4.78, 5) is 0. The van der Waals surface area contributed by atoms with Gasteiger partial charge in [0, 0.05) is 6.04 Å². The quantitative estimate of drug-likeness (QED) is 0.502. The molecule has 1 aliphatic rings. The smallest absolute Gasteiger partial charge is 0.0885 e. The fraction of sp³-hybridized carbons (Fsp3) is 0.818. The fourth-order valence-electron chi connectivity index (χ4n) is 1.82. The highest BCUT2D eigenvalue weighted by Crippen LogP contribution is 2.17. The number of nitrogens with one attached hydrogen (secondary N) is 1. The average molecular weight is 199 g/mol. The zero-order valence-electron chi connectivity index (χ0n) is 8.74. The molecule has 0 unspecified atom stereocenters. The van der Waals surface area contributed by atoms with E-state index in [1.54, 1.807) is 0 Å². The second-order valence-electron chi connectivity index (χ2n) is 3.85. The zero-order chi connectivity index (χ0) is 10.2. The van der Waals surface area contributed by atoms with Crippen LogP contribution in [0.5, 0.6) is 0 Å². The van der Waals surface area contributed by atoms with Gasteiger partial charge < -0.3 is 15.2 Å². The van der Waals surface area contributed by atoms with E-state index in [4.69, 9.17) is 4.74 Å². The Hall–Kier alpha value is -0.540. The van der Waals surface area contributed by atoms with Gasteiger partial charge in [0.15, 0.2) is 0 Å². The number of hydrogen-bond acceptors (Lipinski definition) is 3. The number of hydrogen-bond donors (Lipinski definition) is 2. The summed E-state index contributed by atoms with van der Waals surface area (Å²) in [5.74, 6) is 0. The number of ether oxygens (including phenoxy) is 1. The molecule has 82 valence electrons. The minimum atomic E-state index is -0.0582. The molecule has 0 aromatic carbocycles. The Balaban J connectivity index is 1.93. The molecule has 1 aliphatic carbocycles. The molecule has 14 heavy (non-hydrogen) atoms. The summed E-state index contributed by atoms with van der Waals surface area (Å²) >= 11 is 0. The maximum atomic E-state index is 9.31. The van der Waals surface area contributed by atoms with Crippen LogP contribution in [0, 0.1) is 0 Å². The van der Waals surface area contributed by atoms with Crippen molar-refractivity contribution in [2.24, 2.45) is 0 Å². The van der Waals surface area contributed by atoms with Crippen LogP contribution in [0.15, 0.2) is 12.8 Å². The van der Waals surface area contributed by atoms with E-state index >= 15 is 0 Å². The van der Waals surface area contributed by atoms with Crippen LogP contribution < -0.4 is 5.32 Å². The van der Waals surface area contributed by atoms with E-state index in [1.165, 1.54) is 6.26 Å². The number of rotatable bonds is 6. The summed E-state index contributed by atoms with van der Waals surface area (Å²) in [6.45, 7) is 5.22. The first-order valence-corrected chi connectivity index (χ1v) is 5.47. The van der Waals surface area contributed by atoms with Gasteiger partial charge >= 0.3 is 0 Å². The van der Waals surface area contributed by atoms with Gasteiger partial charge in [0.05, 0.1) is 19.0 Å². The molecule has 0 radical (unpaired) electrons. The fourth-order valence-corrected chi connectivity index (χ4v) is 1.82. The summed E-state index contributed by atoms with van der Waals surface area (Å²) in [6.07, 6.45) is 6.54. The molecule has 0 aromatic rings. The molecular formula is C11H21NO2. The van der Waals surface area contributed by atoms with Gasteiger partial charge in [0.2, 0.25) is 0 Å². The molecule has 1 fully saturated rings. The third-order valence-corrected chi connectivity index (χ3v) is 2.69. The van der Waals surface area contributed by atoms with Gasteiger partial charge in [-0.2, -0.15) is 0 Å². The van der Waals surface area contributed by atoms with Crippen LogP contribution in [0.25, 0.3) is 0 Å². The van der Waals surface area contributed by atoms with E-state index < -0.39 is 0 Å². The van der Waals surface area contributed by atoms with Crippen molar-refractivity contribution >= 4 is 0 Å². The predicted molar refractivity (Wildman–Crippen MR) is 57.0 cm³/mol. The summed E-state index contributed by atoms with van der Waals surface area (Å²) in [5.41, 5.74) is 0. The van der Waals surface area contributed by atoms with E-state index in [0.717, 1.165) is 45.3 Å². The van der Waals surface area contributed by atoms with Crippen molar-refractivity contribution in [3.63, 3.8) is 0 Å². The van der Waals surface area contributed by atoms with Crippen molar-refractivity contribution in [1.82, 2.24) is 5.32 Å². The Labute approximate surface area is 86.2 Å².